The number of carbonyl (C=O) groups is 1. The highest BCUT2D eigenvalue weighted by Gasteiger charge is 2.14. The molecule has 3 nitrogen and oxygen atoms in total. The molecule has 1 aromatic carbocycles. The Hall–Kier alpha value is -0.770. The summed E-state index contributed by atoms with van der Waals surface area (Å²) in [5, 5.41) is 3.46. The molecular formula is C14H20Cl2N2O. The van der Waals surface area contributed by atoms with Crippen LogP contribution in [0.25, 0.3) is 0 Å². The van der Waals surface area contributed by atoms with Gasteiger partial charge in [-0.25, -0.2) is 0 Å². The third-order valence-electron chi connectivity index (χ3n) is 3.44. The van der Waals surface area contributed by atoms with Gasteiger partial charge in [0.05, 0.1) is 36.8 Å². The van der Waals surface area contributed by atoms with Crippen molar-refractivity contribution in [3.63, 3.8) is 0 Å². The number of amides is 1. The zero-order valence-electron chi connectivity index (χ0n) is 10.9. The second-order valence-corrected chi connectivity index (χ2v) is 5.20. The van der Waals surface area contributed by atoms with Crippen molar-refractivity contribution in [2.75, 3.05) is 26.2 Å². The van der Waals surface area contributed by atoms with Gasteiger partial charge in [-0.1, -0.05) is 23.7 Å². The molecule has 0 radical (unpaired) electrons. The number of quaternary nitrogens is 1. The summed E-state index contributed by atoms with van der Waals surface area (Å²) in [6, 6.07) is 7.16. The van der Waals surface area contributed by atoms with E-state index in [4.69, 9.17) is 11.6 Å². The Labute approximate surface area is 125 Å². The first-order valence-electron chi connectivity index (χ1n) is 6.63. The number of hydrogen-bond donors (Lipinski definition) is 2. The molecule has 2 N–H and O–H groups in total. The molecule has 0 atom stereocenters. The highest BCUT2D eigenvalue weighted by molar-refractivity contribution is 6.33. The third-order valence-corrected chi connectivity index (χ3v) is 3.77. The number of benzene rings is 1. The van der Waals surface area contributed by atoms with E-state index in [9.17, 15) is 4.79 Å². The SMILES string of the molecule is O=C(NCC[NH+]1CCCCC1)c1ccccc1Cl.[Cl-]. The maximum atomic E-state index is 11.9. The highest BCUT2D eigenvalue weighted by atomic mass is 35.5. The van der Waals surface area contributed by atoms with E-state index in [1.165, 1.54) is 32.4 Å². The fourth-order valence-electron chi connectivity index (χ4n) is 2.40. The average molecular weight is 303 g/mol. The maximum Gasteiger partial charge on any atom is 0.253 e. The second-order valence-electron chi connectivity index (χ2n) is 4.80. The van der Waals surface area contributed by atoms with Crippen LogP contribution in [0, 0.1) is 0 Å². The summed E-state index contributed by atoms with van der Waals surface area (Å²) in [7, 11) is 0. The largest absolute Gasteiger partial charge is 1.00 e. The Morgan fingerprint density at radius 3 is 2.58 bits per heavy atom. The van der Waals surface area contributed by atoms with E-state index in [1.807, 2.05) is 12.1 Å². The summed E-state index contributed by atoms with van der Waals surface area (Å²) >= 11 is 5.98. The van der Waals surface area contributed by atoms with Crippen LogP contribution >= 0.6 is 11.6 Å². The van der Waals surface area contributed by atoms with Gasteiger partial charge in [0.25, 0.3) is 5.91 Å². The van der Waals surface area contributed by atoms with E-state index in [2.05, 4.69) is 5.32 Å². The van der Waals surface area contributed by atoms with Crippen LogP contribution in [-0.2, 0) is 0 Å². The van der Waals surface area contributed by atoms with Crippen molar-refractivity contribution in [3.05, 3.63) is 34.9 Å². The van der Waals surface area contributed by atoms with Crippen molar-refractivity contribution < 1.29 is 22.1 Å². The first-order chi connectivity index (χ1) is 8.77. The van der Waals surface area contributed by atoms with Crippen LogP contribution in [0.1, 0.15) is 29.6 Å². The molecule has 5 heteroatoms. The van der Waals surface area contributed by atoms with E-state index in [0.29, 0.717) is 10.6 Å². The van der Waals surface area contributed by atoms with E-state index in [1.54, 1.807) is 17.0 Å². The molecule has 0 saturated carbocycles. The molecule has 1 aliphatic heterocycles. The summed E-state index contributed by atoms with van der Waals surface area (Å²) in [5.74, 6) is -0.0722. The lowest BCUT2D eigenvalue weighted by molar-refractivity contribution is -0.903. The summed E-state index contributed by atoms with van der Waals surface area (Å²) in [6.45, 7) is 4.21. The molecule has 1 aromatic rings. The van der Waals surface area contributed by atoms with Crippen molar-refractivity contribution >= 4 is 17.5 Å². The predicted octanol–water partition coefficient (Wildman–Crippen LogP) is -1.86. The van der Waals surface area contributed by atoms with Crippen LogP contribution in [0.4, 0.5) is 0 Å². The van der Waals surface area contributed by atoms with Crippen molar-refractivity contribution in [3.8, 4) is 0 Å². The van der Waals surface area contributed by atoms with Crippen LogP contribution in [-0.4, -0.2) is 32.1 Å². The Morgan fingerprint density at radius 2 is 1.89 bits per heavy atom. The molecule has 1 aliphatic rings. The zero-order chi connectivity index (χ0) is 12.8. The summed E-state index contributed by atoms with van der Waals surface area (Å²) < 4.78 is 0. The number of piperidine rings is 1. The van der Waals surface area contributed by atoms with Crippen LogP contribution in [0.2, 0.25) is 5.02 Å². The first kappa shape index (κ1) is 16.3. The smallest absolute Gasteiger partial charge is 0.253 e. The maximum absolute atomic E-state index is 11.9. The lowest BCUT2D eigenvalue weighted by atomic mass is 10.1. The number of nitrogens with one attached hydrogen (secondary N) is 2. The molecule has 0 bridgehead atoms. The number of hydrogen-bond acceptors (Lipinski definition) is 1. The van der Waals surface area contributed by atoms with Gasteiger partial charge in [0.15, 0.2) is 0 Å². The van der Waals surface area contributed by atoms with E-state index < -0.39 is 0 Å². The zero-order valence-corrected chi connectivity index (χ0v) is 12.4. The van der Waals surface area contributed by atoms with Gasteiger partial charge in [-0.05, 0) is 31.4 Å². The third kappa shape index (κ3) is 5.01. The van der Waals surface area contributed by atoms with Gasteiger partial charge in [0, 0.05) is 0 Å². The molecule has 19 heavy (non-hydrogen) atoms. The van der Waals surface area contributed by atoms with Gasteiger partial charge in [-0.3, -0.25) is 4.79 Å². The summed E-state index contributed by atoms with van der Waals surface area (Å²) in [5.41, 5.74) is 0.563. The normalized spacial score (nSPS) is 15.6. The molecule has 0 aliphatic carbocycles. The number of rotatable bonds is 4. The second kappa shape index (κ2) is 8.41. The van der Waals surface area contributed by atoms with Crippen molar-refractivity contribution in [2.45, 2.75) is 19.3 Å². The molecule has 1 fully saturated rings. The molecule has 0 aromatic heterocycles. The Bertz CT molecular complexity index is 406. The van der Waals surface area contributed by atoms with Crippen molar-refractivity contribution in [1.29, 1.82) is 0 Å². The van der Waals surface area contributed by atoms with E-state index >= 15 is 0 Å². The van der Waals surface area contributed by atoms with Crippen LogP contribution in [0.5, 0.6) is 0 Å². The van der Waals surface area contributed by atoms with Crippen LogP contribution in [0.15, 0.2) is 24.3 Å². The Balaban J connectivity index is 0.00000180. The van der Waals surface area contributed by atoms with Gasteiger partial charge in [0.1, 0.15) is 0 Å². The molecule has 1 heterocycles. The Kier molecular flexibility index (Phi) is 7.21. The molecule has 0 unspecified atom stereocenters. The fourth-order valence-corrected chi connectivity index (χ4v) is 2.62. The molecule has 1 amide bonds. The van der Waals surface area contributed by atoms with E-state index in [0.717, 1.165) is 13.1 Å². The number of likely N-dealkylation sites (tertiary alicyclic amines) is 1. The average Bonchev–Trinajstić information content (AvgIpc) is 2.40. The number of halogens is 2. The molecule has 106 valence electrons. The lowest BCUT2D eigenvalue weighted by Gasteiger charge is -2.23. The first-order valence-corrected chi connectivity index (χ1v) is 7.01. The van der Waals surface area contributed by atoms with Gasteiger partial charge in [-0.2, -0.15) is 0 Å². The van der Waals surface area contributed by atoms with Crippen molar-refractivity contribution in [1.82, 2.24) is 5.32 Å². The van der Waals surface area contributed by atoms with Crippen molar-refractivity contribution in [2.24, 2.45) is 0 Å². The summed E-state index contributed by atoms with van der Waals surface area (Å²) in [4.78, 5) is 13.5. The van der Waals surface area contributed by atoms with Gasteiger partial charge < -0.3 is 22.6 Å². The van der Waals surface area contributed by atoms with Gasteiger partial charge >= 0.3 is 0 Å². The van der Waals surface area contributed by atoms with Crippen LogP contribution < -0.4 is 22.6 Å². The van der Waals surface area contributed by atoms with Crippen LogP contribution in [0.3, 0.4) is 0 Å². The topological polar surface area (TPSA) is 33.5 Å². The molecule has 2 rings (SSSR count). The Morgan fingerprint density at radius 1 is 1.21 bits per heavy atom. The van der Waals surface area contributed by atoms with E-state index in [-0.39, 0.29) is 18.3 Å². The number of carbonyl (C=O) groups excluding carboxylic acids is 1. The molecular weight excluding hydrogens is 283 g/mol. The summed E-state index contributed by atoms with van der Waals surface area (Å²) in [6.07, 6.45) is 3.98. The fraction of sp³-hybridized carbons (Fsp3) is 0.500. The minimum absolute atomic E-state index is 0. The monoisotopic (exact) mass is 302 g/mol. The standard InChI is InChI=1S/C14H19ClN2O.ClH/c15-13-7-3-2-6-12(13)14(18)16-8-11-17-9-4-1-5-10-17;/h2-3,6-7H,1,4-5,8-11H2,(H,16,18);1H. The quantitative estimate of drug-likeness (QED) is 0.672. The minimum Gasteiger partial charge on any atom is -1.00 e. The van der Waals surface area contributed by atoms with Gasteiger partial charge in [-0.15, -0.1) is 0 Å². The molecule has 1 saturated heterocycles. The molecule has 0 spiro atoms. The highest BCUT2D eigenvalue weighted by Crippen LogP contribution is 2.14. The van der Waals surface area contributed by atoms with Gasteiger partial charge in [0.2, 0.25) is 0 Å². The minimum atomic E-state index is -0.0722. The predicted molar refractivity (Wildman–Crippen MR) is 73.2 cm³/mol. The lowest BCUT2D eigenvalue weighted by Crippen LogP contribution is -3.13.